The summed E-state index contributed by atoms with van der Waals surface area (Å²) in [5.74, 6) is 0.692. The van der Waals surface area contributed by atoms with Gasteiger partial charge in [0.1, 0.15) is 5.60 Å². The van der Waals surface area contributed by atoms with Crippen LogP contribution in [-0.2, 0) is 25.7 Å². The summed E-state index contributed by atoms with van der Waals surface area (Å²) < 4.78 is 1.69. The van der Waals surface area contributed by atoms with Crippen molar-refractivity contribution in [1.29, 1.82) is 0 Å². The molecule has 1 saturated heterocycles. The van der Waals surface area contributed by atoms with Gasteiger partial charge in [0.25, 0.3) is 0 Å². The van der Waals surface area contributed by atoms with E-state index in [2.05, 4.69) is 49.9 Å². The lowest BCUT2D eigenvalue weighted by Gasteiger charge is -2.23. The molecule has 0 radical (unpaired) electrons. The Bertz CT molecular complexity index is 796. The average molecular weight is 526 g/mol. The Morgan fingerprint density at radius 2 is 1.83 bits per heavy atom. The Kier molecular flexibility index (Phi) is 9.57. The van der Waals surface area contributed by atoms with Gasteiger partial charge >= 0.3 is 0 Å². The summed E-state index contributed by atoms with van der Waals surface area (Å²) in [5.41, 5.74) is 2.28. The van der Waals surface area contributed by atoms with Crippen LogP contribution in [0.1, 0.15) is 43.4 Å². The van der Waals surface area contributed by atoms with Gasteiger partial charge in [-0.05, 0) is 50.9 Å². The second kappa shape index (κ2) is 11.7. The minimum Gasteiger partial charge on any atom is -0.383 e. The van der Waals surface area contributed by atoms with Crippen molar-refractivity contribution in [2.75, 3.05) is 26.2 Å². The molecule has 1 aromatic heterocycles. The fraction of sp³-hybridized carbons (Fsp3) is 0.545. The van der Waals surface area contributed by atoms with Crippen molar-refractivity contribution in [3.63, 3.8) is 0 Å². The summed E-state index contributed by atoms with van der Waals surface area (Å²) in [6.45, 7) is 8.98. The SMILES string of the molecule is CCNC(=NCc1ccc(CN2CCCC2)cc1)NCC(C)(O)c1cnn(C)c1.I. The molecule has 0 amide bonds. The van der Waals surface area contributed by atoms with Crippen molar-refractivity contribution in [2.45, 2.75) is 45.4 Å². The Morgan fingerprint density at radius 1 is 1.17 bits per heavy atom. The smallest absolute Gasteiger partial charge is 0.191 e. The third-order valence-electron chi connectivity index (χ3n) is 5.32. The van der Waals surface area contributed by atoms with Crippen molar-refractivity contribution in [3.05, 3.63) is 53.3 Å². The number of hydrogen-bond acceptors (Lipinski definition) is 4. The van der Waals surface area contributed by atoms with Crippen LogP contribution in [0.2, 0.25) is 0 Å². The molecule has 2 heterocycles. The van der Waals surface area contributed by atoms with Gasteiger partial charge in [0, 0.05) is 31.9 Å². The van der Waals surface area contributed by atoms with Gasteiger partial charge in [0.05, 0.1) is 19.3 Å². The lowest BCUT2D eigenvalue weighted by atomic mass is 10.00. The van der Waals surface area contributed by atoms with Crippen LogP contribution in [0, 0.1) is 0 Å². The van der Waals surface area contributed by atoms with E-state index in [0.29, 0.717) is 19.0 Å². The number of aliphatic imine (C=N–C) groups is 1. The highest BCUT2D eigenvalue weighted by atomic mass is 127. The molecule has 0 aliphatic carbocycles. The number of aromatic nitrogens is 2. The monoisotopic (exact) mass is 526 g/mol. The van der Waals surface area contributed by atoms with Crippen LogP contribution in [0.25, 0.3) is 0 Å². The van der Waals surface area contributed by atoms with Crippen molar-refractivity contribution in [2.24, 2.45) is 12.0 Å². The predicted octanol–water partition coefficient (Wildman–Crippen LogP) is 2.60. The molecule has 3 N–H and O–H groups in total. The van der Waals surface area contributed by atoms with Gasteiger partial charge in [0.2, 0.25) is 0 Å². The van der Waals surface area contributed by atoms with Gasteiger partial charge in [-0.1, -0.05) is 24.3 Å². The van der Waals surface area contributed by atoms with Crippen LogP contribution < -0.4 is 10.6 Å². The summed E-state index contributed by atoms with van der Waals surface area (Å²) >= 11 is 0. The molecule has 1 unspecified atom stereocenters. The zero-order chi connectivity index (χ0) is 20.7. The Hall–Kier alpha value is -1.65. The largest absolute Gasteiger partial charge is 0.383 e. The molecule has 0 saturated carbocycles. The lowest BCUT2D eigenvalue weighted by Crippen LogP contribution is -2.44. The average Bonchev–Trinajstić information content (AvgIpc) is 3.37. The molecule has 1 aromatic carbocycles. The zero-order valence-corrected chi connectivity index (χ0v) is 20.6. The van der Waals surface area contributed by atoms with Gasteiger partial charge in [-0.25, -0.2) is 4.99 Å². The first-order chi connectivity index (χ1) is 14.0. The molecule has 30 heavy (non-hydrogen) atoms. The minimum atomic E-state index is -1.03. The highest BCUT2D eigenvalue weighted by molar-refractivity contribution is 14.0. The second-order valence-corrected chi connectivity index (χ2v) is 8.03. The summed E-state index contributed by atoms with van der Waals surface area (Å²) in [6, 6.07) is 8.72. The normalized spacial score (nSPS) is 16.7. The van der Waals surface area contributed by atoms with Crippen molar-refractivity contribution >= 4 is 29.9 Å². The summed E-state index contributed by atoms with van der Waals surface area (Å²) in [4.78, 5) is 7.18. The lowest BCUT2D eigenvalue weighted by molar-refractivity contribution is 0.0616. The maximum Gasteiger partial charge on any atom is 0.191 e. The first-order valence-corrected chi connectivity index (χ1v) is 10.5. The zero-order valence-electron chi connectivity index (χ0n) is 18.3. The number of likely N-dealkylation sites (tertiary alicyclic amines) is 1. The molecule has 3 rings (SSSR count). The first kappa shape index (κ1) is 24.6. The van der Waals surface area contributed by atoms with Gasteiger partial charge in [-0.2, -0.15) is 5.10 Å². The molecule has 8 heteroatoms. The third-order valence-corrected chi connectivity index (χ3v) is 5.32. The molecular weight excluding hydrogens is 491 g/mol. The van der Waals surface area contributed by atoms with E-state index in [9.17, 15) is 5.11 Å². The number of hydrogen-bond donors (Lipinski definition) is 3. The van der Waals surface area contributed by atoms with E-state index in [1.807, 2.05) is 20.2 Å². The third kappa shape index (κ3) is 7.24. The summed E-state index contributed by atoms with van der Waals surface area (Å²) in [6.07, 6.45) is 6.16. The molecule has 1 fully saturated rings. The Morgan fingerprint density at radius 3 is 2.43 bits per heavy atom. The topological polar surface area (TPSA) is 77.7 Å². The first-order valence-electron chi connectivity index (χ1n) is 10.5. The van der Waals surface area contributed by atoms with Crippen molar-refractivity contribution < 1.29 is 5.11 Å². The molecular formula is C22H35IN6O. The van der Waals surface area contributed by atoms with Crippen molar-refractivity contribution in [1.82, 2.24) is 25.3 Å². The molecule has 2 aromatic rings. The van der Waals surface area contributed by atoms with Crippen LogP contribution in [0.3, 0.4) is 0 Å². The maximum atomic E-state index is 10.7. The van der Waals surface area contributed by atoms with E-state index < -0.39 is 5.60 Å². The number of aliphatic hydroxyl groups is 1. The fourth-order valence-corrected chi connectivity index (χ4v) is 3.52. The fourth-order valence-electron chi connectivity index (χ4n) is 3.52. The molecule has 1 aliphatic heterocycles. The quantitative estimate of drug-likeness (QED) is 0.280. The summed E-state index contributed by atoms with van der Waals surface area (Å²) in [5, 5.41) is 21.4. The van der Waals surface area contributed by atoms with E-state index in [4.69, 9.17) is 0 Å². The second-order valence-electron chi connectivity index (χ2n) is 8.03. The van der Waals surface area contributed by atoms with Crippen LogP contribution in [0.4, 0.5) is 0 Å². The molecule has 1 atom stereocenters. The highest BCUT2D eigenvalue weighted by Crippen LogP contribution is 2.18. The van der Waals surface area contributed by atoms with Crippen LogP contribution in [-0.4, -0.2) is 51.9 Å². The number of nitrogens with zero attached hydrogens (tertiary/aromatic N) is 4. The van der Waals surface area contributed by atoms with Gasteiger partial charge in [0.15, 0.2) is 5.96 Å². The van der Waals surface area contributed by atoms with E-state index in [1.165, 1.54) is 37.1 Å². The van der Waals surface area contributed by atoms with Crippen molar-refractivity contribution in [3.8, 4) is 0 Å². The molecule has 7 nitrogen and oxygen atoms in total. The number of aryl methyl sites for hydroxylation is 1. The summed E-state index contributed by atoms with van der Waals surface area (Å²) in [7, 11) is 1.84. The number of guanidine groups is 1. The molecule has 1 aliphatic rings. The van der Waals surface area contributed by atoms with Crippen LogP contribution in [0.15, 0.2) is 41.7 Å². The number of halogens is 1. The standard InChI is InChI=1S/C22H34N6O.HI/c1-4-23-21(25-17-22(2,29)20-14-26-27(3)16-20)24-13-18-7-9-19(10-8-18)15-28-11-5-6-12-28;/h7-10,14,16,29H,4-6,11-13,15,17H2,1-3H3,(H2,23,24,25);1H. The van der Waals surface area contributed by atoms with Gasteiger partial charge < -0.3 is 15.7 Å². The van der Waals surface area contributed by atoms with E-state index in [-0.39, 0.29) is 24.0 Å². The van der Waals surface area contributed by atoms with Crippen LogP contribution in [0.5, 0.6) is 0 Å². The molecule has 0 bridgehead atoms. The maximum absolute atomic E-state index is 10.7. The predicted molar refractivity (Wildman–Crippen MR) is 132 cm³/mol. The van der Waals surface area contributed by atoms with Crippen LogP contribution >= 0.6 is 24.0 Å². The van der Waals surface area contributed by atoms with E-state index in [1.54, 1.807) is 17.8 Å². The van der Waals surface area contributed by atoms with E-state index >= 15 is 0 Å². The minimum absolute atomic E-state index is 0. The number of nitrogens with one attached hydrogen (secondary N) is 2. The highest BCUT2D eigenvalue weighted by Gasteiger charge is 2.25. The Labute approximate surface area is 197 Å². The number of rotatable bonds is 8. The molecule has 166 valence electrons. The number of benzene rings is 1. The van der Waals surface area contributed by atoms with Gasteiger partial charge in [-0.15, -0.1) is 24.0 Å². The van der Waals surface area contributed by atoms with E-state index in [0.717, 1.165) is 18.7 Å². The molecule has 0 spiro atoms. The van der Waals surface area contributed by atoms with Gasteiger partial charge in [-0.3, -0.25) is 9.58 Å². The Balaban J connectivity index is 0.00000320.